The molecule has 0 saturated carbocycles. The molecule has 2 aromatic rings. The van der Waals surface area contributed by atoms with E-state index < -0.39 is 0 Å². The van der Waals surface area contributed by atoms with Gasteiger partial charge in [0.1, 0.15) is 11.6 Å². The molecule has 0 spiro atoms. The van der Waals surface area contributed by atoms with Crippen LogP contribution in [0.1, 0.15) is 50.4 Å². The first-order valence-electron chi connectivity index (χ1n) is 12.1. The molecule has 2 aliphatic rings. The molecule has 3 heterocycles. The Morgan fingerprint density at radius 1 is 1.09 bits per heavy atom. The first kappa shape index (κ1) is 22.9. The summed E-state index contributed by atoms with van der Waals surface area (Å²) in [6.07, 6.45) is 5.75. The molecule has 7 nitrogen and oxygen atoms in total. The number of likely N-dealkylation sites (tertiary alicyclic amines) is 1. The smallest absolute Gasteiger partial charge is 0.219 e. The van der Waals surface area contributed by atoms with E-state index in [1.165, 1.54) is 24.8 Å². The van der Waals surface area contributed by atoms with E-state index in [0.717, 1.165) is 81.3 Å². The van der Waals surface area contributed by atoms with Crippen LogP contribution < -0.4 is 4.90 Å². The molecular formula is C25H37N5O2. The quantitative estimate of drug-likeness (QED) is 0.688. The van der Waals surface area contributed by atoms with Gasteiger partial charge in [0, 0.05) is 58.2 Å². The second kappa shape index (κ2) is 10.6. The SMILES string of the molecule is COCCC1CCCCN1Cc1nc(N2CCCN(C(C)=O)CC2)c2cccc(C)c2n1. The second-order valence-electron chi connectivity index (χ2n) is 9.18. The zero-order valence-corrected chi connectivity index (χ0v) is 19.8. The number of fused-ring (bicyclic) bond motifs is 1. The normalized spacial score (nSPS) is 20.5. The molecule has 1 aromatic heterocycles. The van der Waals surface area contributed by atoms with Gasteiger partial charge in [0.25, 0.3) is 0 Å². The standard InChI is InChI=1S/C25H37N5O2/c1-19-8-6-10-22-24(19)26-23(18-30-12-5-4-9-21(30)11-17-32-3)27-25(22)29-14-7-13-28(15-16-29)20(2)31/h6,8,10,21H,4-5,7,9,11-18H2,1-3H3. The molecule has 174 valence electrons. The van der Waals surface area contributed by atoms with Crippen molar-refractivity contribution in [3.05, 3.63) is 29.6 Å². The van der Waals surface area contributed by atoms with Crippen LogP contribution in [0.25, 0.3) is 10.9 Å². The van der Waals surface area contributed by atoms with Crippen molar-refractivity contribution in [1.29, 1.82) is 0 Å². The van der Waals surface area contributed by atoms with Gasteiger partial charge in [-0.3, -0.25) is 9.69 Å². The largest absolute Gasteiger partial charge is 0.385 e. The number of amides is 1. The number of hydrogen-bond donors (Lipinski definition) is 0. The summed E-state index contributed by atoms with van der Waals surface area (Å²) in [4.78, 5) is 28.9. The number of para-hydroxylation sites is 1. The highest BCUT2D eigenvalue weighted by molar-refractivity contribution is 5.91. The molecule has 2 aliphatic heterocycles. The Balaban J connectivity index is 1.64. The molecule has 1 aromatic carbocycles. The van der Waals surface area contributed by atoms with Gasteiger partial charge in [-0.15, -0.1) is 0 Å². The number of nitrogens with zero attached hydrogens (tertiary/aromatic N) is 5. The Morgan fingerprint density at radius 3 is 2.78 bits per heavy atom. The fourth-order valence-corrected chi connectivity index (χ4v) is 5.11. The molecule has 1 unspecified atom stereocenters. The lowest BCUT2D eigenvalue weighted by molar-refractivity contribution is -0.128. The number of carbonyl (C=O) groups excluding carboxylic acids is 1. The number of benzene rings is 1. The highest BCUT2D eigenvalue weighted by Crippen LogP contribution is 2.28. The Kier molecular flexibility index (Phi) is 7.58. The van der Waals surface area contributed by atoms with Crippen LogP contribution in [-0.4, -0.2) is 78.2 Å². The van der Waals surface area contributed by atoms with Crippen LogP contribution in [0.4, 0.5) is 5.82 Å². The Morgan fingerprint density at radius 2 is 1.97 bits per heavy atom. The predicted octanol–water partition coefficient (Wildman–Crippen LogP) is 3.39. The maximum Gasteiger partial charge on any atom is 0.219 e. The van der Waals surface area contributed by atoms with Crippen LogP contribution in [0.3, 0.4) is 0 Å². The molecule has 0 radical (unpaired) electrons. The number of ether oxygens (including phenoxy) is 1. The van der Waals surface area contributed by atoms with Gasteiger partial charge in [-0.05, 0) is 50.8 Å². The van der Waals surface area contributed by atoms with E-state index in [4.69, 9.17) is 14.7 Å². The van der Waals surface area contributed by atoms with Crippen molar-refractivity contribution in [2.75, 3.05) is 51.3 Å². The number of hydrogen-bond acceptors (Lipinski definition) is 6. The molecule has 1 amide bonds. The summed E-state index contributed by atoms with van der Waals surface area (Å²) in [5, 5.41) is 1.11. The fourth-order valence-electron chi connectivity index (χ4n) is 5.11. The average molecular weight is 440 g/mol. The summed E-state index contributed by atoms with van der Waals surface area (Å²) in [6, 6.07) is 6.89. The van der Waals surface area contributed by atoms with E-state index in [1.807, 2.05) is 4.90 Å². The zero-order valence-electron chi connectivity index (χ0n) is 19.8. The number of aryl methyl sites for hydroxylation is 1. The van der Waals surface area contributed by atoms with Crippen LogP contribution in [0, 0.1) is 6.92 Å². The maximum absolute atomic E-state index is 11.9. The third-order valence-electron chi connectivity index (χ3n) is 6.94. The number of rotatable bonds is 6. The number of aromatic nitrogens is 2. The van der Waals surface area contributed by atoms with E-state index in [-0.39, 0.29) is 5.91 Å². The van der Waals surface area contributed by atoms with Crippen LogP contribution in [-0.2, 0) is 16.1 Å². The monoisotopic (exact) mass is 439 g/mol. The Labute approximate surface area is 191 Å². The van der Waals surface area contributed by atoms with Gasteiger partial charge in [-0.2, -0.15) is 0 Å². The molecule has 0 bridgehead atoms. The summed E-state index contributed by atoms with van der Waals surface area (Å²) in [5.74, 6) is 2.08. The van der Waals surface area contributed by atoms with E-state index in [1.54, 1.807) is 14.0 Å². The van der Waals surface area contributed by atoms with Gasteiger partial charge >= 0.3 is 0 Å². The summed E-state index contributed by atoms with van der Waals surface area (Å²) in [5.41, 5.74) is 2.23. The highest BCUT2D eigenvalue weighted by atomic mass is 16.5. The molecule has 1 atom stereocenters. The third kappa shape index (κ3) is 5.21. The predicted molar refractivity (Wildman–Crippen MR) is 128 cm³/mol. The van der Waals surface area contributed by atoms with Crippen molar-refractivity contribution >= 4 is 22.6 Å². The van der Waals surface area contributed by atoms with Crippen molar-refractivity contribution in [2.24, 2.45) is 0 Å². The number of anilines is 1. The van der Waals surface area contributed by atoms with E-state index >= 15 is 0 Å². The fraction of sp³-hybridized carbons (Fsp3) is 0.640. The molecule has 4 rings (SSSR count). The summed E-state index contributed by atoms with van der Waals surface area (Å²) >= 11 is 0. The van der Waals surface area contributed by atoms with E-state index in [2.05, 4.69) is 34.9 Å². The lowest BCUT2D eigenvalue weighted by atomic mass is 9.99. The first-order chi connectivity index (χ1) is 15.6. The summed E-state index contributed by atoms with van der Waals surface area (Å²) in [7, 11) is 1.78. The van der Waals surface area contributed by atoms with Crippen molar-refractivity contribution in [3.8, 4) is 0 Å². The number of carbonyl (C=O) groups is 1. The van der Waals surface area contributed by atoms with Gasteiger partial charge in [-0.25, -0.2) is 9.97 Å². The van der Waals surface area contributed by atoms with Crippen molar-refractivity contribution in [2.45, 2.75) is 58.5 Å². The average Bonchev–Trinajstić information content (AvgIpc) is 3.05. The minimum Gasteiger partial charge on any atom is -0.385 e. The van der Waals surface area contributed by atoms with Crippen molar-refractivity contribution in [1.82, 2.24) is 19.8 Å². The molecule has 2 saturated heterocycles. The first-order valence-corrected chi connectivity index (χ1v) is 12.1. The Hall–Kier alpha value is -2.25. The number of piperidine rings is 1. The third-order valence-corrected chi connectivity index (χ3v) is 6.94. The minimum atomic E-state index is 0.156. The van der Waals surface area contributed by atoms with Crippen molar-refractivity contribution in [3.63, 3.8) is 0 Å². The molecule has 7 heteroatoms. The van der Waals surface area contributed by atoms with Crippen LogP contribution in [0.2, 0.25) is 0 Å². The zero-order chi connectivity index (χ0) is 22.5. The summed E-state index contributed by atoms with van der Waals surface area (Å²) in [6.45, 7) is 9.73. The lowest BCUT2D eigenvalue weighted by Gasteiger charge is -2.35. The topological polar surface area (TPSA) is 61.8 Å². The highest BCUT2D eigenvalue weighted by Gasteiger charge is 2.25. The van der Waals surface area contributed by atoms with Crippen LogP contribution >= 0.6 is 0 Å². The number of methoxy groups -OCH3 is 1. The molecule has 0 aliphatic carbocycles. The molecular weight excluding hydrogens is 402 g/mol. The summed E-state index contributed by atoms with van der Waals surface area (Å²) < 4.78 is 5.36. The van der Waals surface area contributed by atoms with E-state index in [0.29, 0.717) is 6.04 Å². The van der Waals surface area contributed by atoms with E-state index in [9.17, 15) is 4.79 Å². The Bertz CT molecular complexity index is 934. The molecule has 32 heavy (non-hydrogen) atoms. The van der Waals surface area contributed by atoms with Gasteiger partial charge in [0.15, 0.2) is 0 Å². The van der Waals surface area contributed by atoms with Gasteiger partial charge < -0.3 is 14.5 Å². The maximum atomic E-state index is 11.9. The van der Waals surface area contributed by atoms with Gasteiger partial charge in [-0.1, -0.05) is 18.6 Å². The van der Waals surface area contributed by atoms with Crippen molar-refractivity contribution < 1.29 is 9.53 Å². The lowest BCUT2D eigenvalue weighted by Crippen LogP contribution is -2.40. The molecule has 2 fully saturated rings. The van der Waals surface area contributed by atoms with Crippen LogP contribution in [0.5, 0.6) is 0 Å². The minimum absolute atomic E-state index is 0.156. The molecule has 0 N–H and O–H groups in total. The van der Waals surface area contributed by atoms with Crippen LogP contribution in [0.15, 0.2) is 18.2 Å². The second-order valence-corrected chi connectivity index (χ2v) is 9.18. The van der Waals surface area contributed by atoms with Gasteiger partial charge in [0.2, 0.25) is 5.91 Å². The van der Waals surface area contributed by atoms with Gasteiger partial charge in [0.05, 0.1) is 12.1 Å².